The highest BCUT2D eigenvalue weighted by Crippen LogP contribution is 2.40. The number of hydrogen-bond donors (Lipinski definition) is 3. The number of rotatable bonds is 2. The second-order valence-electron chi connectivity index (χ2n) is 7.63. The number of piperidine rings is 1. The molecule has 8 nitrogen and oxygen atoms in total. The van der Waals surface area contributed by atoms with Crippen molar-refractivity contribution in [2.75, 3.05) is 19.7 Å². The molecule has 0 radical (unpaired) electrons. The van der Waals surface area contributed by atoms with Crippen molar-refractivity contribution in [2.24, 2.45) is 0 Å². The molecular formula is C19H24N4O4. The predicted octanol–water partition coefficient (Wildman–Crippen LogP) is 0.979. The van der Waals surface area contributed by atoms with Crippen LogP contribution in [0.15, 0.2) is 30.6 Å². The lowest BCUT2D eigenvalue weighted by Crippen LogP contribution is -2.64. The Kier molecular flexibility index (Phi) is 4.49. The molecule has 1 aromatic carbocycles. The van der Waals surface area contributed by atoms with Crippen molar-refractivity contribution in [3.8, 4) is 11.4 Å². The molecule has 1 amide bonds. The molecule has 144 valence electrons. The van der Waals surface area contributed by atoms with Crippen LogP contribution in [0.25, 0.3) is 11.4 Å². The minimum atomic E-state index is -1.15. The van der Waals surface area contributed by atoms with Crippen LogP contribution in [0.2, 0.25) is 0 Å². The van der Waals surface area contributed by atoms with E-state index in [1.54, 1.807) is 24.0 Å². The summed E-state index contributed by atoms with van der Waals surface area (Å²) in [4.78, 5) is 18.7. The molecule has 0 aliphatic carbocycles. The summed E-state index contributed by atoms with van der Waals surface area (Å²) in [6.45, 7) is 3.03. The maximum Gasteiger partial charge on any atom is 0.253 e. The van der Waals surface area contributed by atoms with E-state index in [0.717, 1.165) is 5.56 Å². The molecule has 8 heteroatoms. The predicted molar refractivity (Wildman–Crippen MR) is 96.9 cm³/mol. The van der Waals surface area contributed by atoms with E-state index in [4.69, 9.17) is 4.74 Å². The zero-order valence-electron chi connectivity index (χ0n) is 15.3. The van der Waals surface area contributed by atoms with Gasteiger partial charge in [-0.3, -0.25) is 9.89 Å². The van der Waals surface area contributed by atoms with Crippen molar-refractivity contribution in [2.45, 2.75) is 43.5 Å². The van der Waals surface area contributed by atoms with Gasteiger partial charge in [0.1, 0.15) is 18.0 Å². The maximum atomic E-state index is 12.8. The van der Waals surface area contributed by atoms with E-state index in [1.807, 2.05) is 12.1 Å². The van der Waals surface area contributed by atoms with Crippen LogP contribution in [0, 0.1) is 0 Å². The van der Waals surface area contributed by atoms with Gasteiger partial charge in [0, 0.05) is 30.6 Å². The molecule has 2 aromatic rings. The minimum Gasteiger partial charge on any atom is -0.387 e. The van der Waals surface area contributed by atoms with Gasteiger partial charge in [0.25, 0.3) is 5.91 Å². The van der Waals surface area contributed by atoms with Crippen LogP contribution < -0.4 is 0 Å². The molecule has 3 N–H and O–H groups in total. The maximum absolute atomic E-state index is 12.8. The molecule has 0 bridgehead atoms. The van der Waals surface area contributed by atoms with Gasteiger partial charge in [-0.1, -0.05) is 12.1 Å². The van der Waals surface area contributed by atoms with Gasteiger partial charge in [-0.15, -0.1) is 0 Å². The molecule has 2 atom stereocenters. The fourth-order valence-corrected chi connectivity index (χ4v) is 4.05. The van der Waals surface area contributed by atoms with Crippen molar-refractivity contribution < 1.29 is 19.7 Å². The number of likely N-dealkylation sites (tertiary alicyclic amines) is 1. The average Bonchev–Trinajstić information content (AvgIpc) is 3.21. The Hall–Kier alpha value is -2.29. The molecule has 0 saturated carbocycles. The van der Waals surface area contributed by atoms with Crippen molar-refractivity contribution >= 4 is 5.91 Å². The lowest BCUT2D eigenvalue weighted by molar-refractivity contribution is -0.244. The lowest BCUT2D eigenvalue weighted by Gasteiger charge is -2.51. The van der Waals surface area contributed by atoms with Gasteiger partial charge >= 0.3 is 0 Å². The number of nitrogens with one attached hydrogen (secondary N) is 1. The van der Waals surface area contributed by atoms with Crippen LogP contribution in [0.4, 0.5) is 0 Å². The number of carbonyl (C=O) groups is 1. The van der Waals surface area contributed by atoms with Gasteiger partial charge in [0.15, 0.2) is 5.82 Å². The second-order valence-corrected chi connectivity index (χ2v) is 7.63. The molecule has 2 aliphatic heterocycles. The first kappa shape index (κ1) is 18.1. The van der Waals surface area contributed by atoms with Gasteiger partial charge in [0.2, 0.25) is 0 Å². The Balaban J connectivity index is 1.43. The molecule has 2 fully saturated rings. The molecule has 0 unspecified atom stereocenters. The summed E-state index contributed by atoms with van der Waals surface area (Å²) in [6.07, 6.45) is 1.92. The number of aliphatic hydroxyl groups is 2. The van der Waals surface area contributed by atoms with Gasteiger partial charge < -0.3 is 19.8 Å². The first-order valence-corrected chi connectivity index (χ1v) is 9.21. The standard InChI is InChI=1S/C19H24N4O4/c1-18(26)8-11-27-19(17(18)25)6-9-23(10-7-19)16(24)14-4-2-13(3-5-14)15-20-12-21-22-15/h2-5,12,17,25-26H,6-11H2,1H3,(H,20,21,22)/t17-,18+/m0/s1. The number of hydrogen-bond acceptors (Lipinski definition) is 6. The number of H-pyrrole nitrogens is 1. The largest absolute Gasteiger partial charge is 0.387 e. The summed E-state index contributed by atoms with van der Waals surface area (Å²) < 4.78 is 5.88. The molecule has 1 spiro atoms. The number of ether oxygens (including phenoxy) is 1. The SMILES string of the molecule is C[C@@]1(O)CCOC2(CCN(C(=O)c3ccc(-c4ncn[nH]4)cc3)CC2)[C@H]1O. The van der Waals surface area contributed by atoms with Gasteiger partial charge in [-0.2, -0.15) is 5.10 Å². The molecule has 2 aliphatic rings. The summed E-state index contributed by atoms with van der Waals surface area (Å²) in [6, 6.07) is 7.23. The zero-order valence-corrected chi connectivity index (χ0v) is 15.3. The van der Waals surface area contributed by atoms with Crippen molar-refractivity contribution in [3.05, 3.63) is 36.2 Å². The first-order valence-electron chi connectivity index (χ1n) is 9.21. The topological polar surface area (TPSA) is 112 Å². The summed E-state index contributed by atoms with van der Waals surface area (Å²) in [5, 5.41) is 27.6. The number of aliphatic hydroxyl groups excluding tert-OH is 1. The quantitative estimate of drug-likeness (QED) is 0.725. The van der Waals surface area contributed by atoms with Crippen LogP contribution in [-0.4, -0.2) is 73.2 Å². The van der Waals surface area contributed by atoms with E-state index in [0.29, 0.717) is 50.3 Å². The number of aromatic amines is 1. The number of benzene rings is 1. The number of amides is 1. The first-order chi connectivity index (χ1) is 12.9. The van der Waals surface area contributed by atoms with E-state index in [-0.39, 0.29) is 5.91 Å². The van der Waals surface area contributed by atoms with Crippen LogP contribution in [-0.2, 0) is 4.74 Å². The van der Waals surface area contributed by atoms with Crippen molar-refractivity contribution in [1.29, 1.82) is 0 Å². The molecule has 4 rings (SSSR count). The van der Waals surface area contributed by atoms with E-state index in [2.05, 4.69) is 15.2 Å². The third-order valence-electron chi connectivity index (χ3n) is 5.80. The van der Waals surface area contributed by atoms with Crippen LogP contribution in [0.5, 0.6) is 0 Å². The Morgan fingerprint density at radius 3 is 2.59 bits per heavy atom. The summed E-state index contributed by atoms with van der Waals surface area (Å²) in [7, 11) is 0. The third-order valence-corrected chi connectivity index (χ3v) is 5.80. The van der Waals surface area contributed by atoms with Crippen LogP contribution in [0.1, 0.15) is 36.5 Å². The number of aromatic nitrogens is 3. The van der Waals surface area contributed by atoms with E-state index in [1.165, 1.54) is 6.33 Å². The minimum absolute atomic E-state index is 0.0500. The molecule has 1 aromatic heterocycles. The molecule has 27 heavy (non-hydrogen) atoms. The van der Waals surface area contributed by atoms with Gasteiger partial charge in [-0.25, -0.2) is 4.98 Å². The Morgan fingerprint density at radius 1 is 1.26 bits per heavy atom. The normalized spacial score (nSPS) is 27.7. The Bertz CT molecular complexity index is 796. The van der Waals surface area contributed by atoms with Crippen molar-refractivity contribution in [3.63, 3.8) is 0 Å². The van der Waals surface area contributed by atoms with Crippen LogP contribution >= 0.6 is 0 Å². The number of nitrogens with zero attached hydrogens (tertiary/aromatic N) is 3. The lowest BCUT2D eigenvalue weighted by atomic mass is 9.75. The molecular weight excluding hydrogens is 348 g/mol. The monoisotopic (exact) mass is 372 g/mol. The van der Waals surface area contributed by atoms with Crippen LogP contribution in [0.3, 0.4) is 0 Å². The van der Waals surface area contributed by atoms with E-state index < -0.39 is 17.3 Å². The van der Waals surface area contributed by atoms with Gasteiger partial charge in [-0.05, 0) is 31.9 Å². The number of carbonyl (C=O) groups excluding carboxylic acids is 1. The molecule has 2 saturated heterocycles. The van der Waals surface area contributed by atoms with E-state index >= 15 is 0 Å². The highest BCUT2D eigenvalue weighted by atomic mass is 16.5. The van der Waals surface area contributed by atoms with Crippen molar-refractivity contribution in [1.82, 2.24) is 20.1 Å². The summed E-state index contributed by atoms with van der Waals surface area (Å²) >= 11 is 0. The highest BCUT2D eigenvalue weighted by molar-refractivity contribution is 5.94. The third kappa shape index (κ3) is 3.24. The summed E-state index contributed by atoms with van der Waals surface area (Å²) in [5.41, 5.74) is -0.454. The Labute approximate surface area is 157 Å². The van der Waals surface area contributed by atoms with Gasteiger partial charge in [0.05, 0.1) is 12.2 Å². The smallest absolute Gasteiger partial charge is 0.253 e. The summed E-state index contributed by atoms with van der Waals surface area (Å²) in [5.74, 6) is 0.607. The molecule has 3 heterocycles. The fourth-order valence-electron chi connectivity index (χ4n) is 4.05. The second kappa shape index (κ2) is 6.70. The highest BCUT2D eigenvalue weighted by Gasteiger charge is 2.52. The fraction of sp³-hybridized carbons (Fsp3) is 0.526. The Morgan fingerprint density at radius 2 is 1.96 bits per heavy atom. The van der Waals surface area contributed by atoms with E-state index in [9.17, 15) is 15.0 Å². The zero-order chi connectivity index (χ0) is 19.1. The average molecular weight is 372 g/mol.